The maximum atomic E-state index is 14.6. The molecule has 0 aliphatic rings. The molecule has 8 aromatic rings. The van der Waals surface area contributed by atoms with E-state index in [9.17, 15) is 32.3 Å². The Bertz CT molecular complexity index is 3120. The second-order valence-corrected chi connectivity index (χ2v) is 15.4. The monoisotopic (exact) mass is 952 g/mol. The van der Waals surface area contributed by atoms with Gasteiger partial charge in [-0.3, -0.25) is 0 Å². The first-order valence-electron chi connectivity index (χ1n) is 19.0. The first kappa shape index (κ1) is 45.7. The summed E-state index contributed by atoms with van der Waals surface area (Å²) in [7, 11) is 2.88. The third-order valence-corrected chi connectivity index (χ3v) is 11.5. The summed E-state index contributed by atoms with van der Waals surface area (Å²) >= 11 is 25.1. The van der Waals surface area contributed by atoms with Crippen molar-refractivity contribution in [2.24, 2.45) is 0 Å². The molecule has 4 aromatic carbocycles. The number of hydrogen-bond acceptors (Lipinski definition) is 7. The van der Waals surface area contributed by atoms with Gasteiger partial charge in [-0.25, -0.2) is 37.1 Å². The molecule has 0 fully saturated rings. The molecule has 0 saturated heterocycles. The third kappa shape index (κ3) is 8.91. The van der Waals surface area contributed by atoms with E-state index < -0.39 is 35.2 Å². The van der Waals surface area contributed by atoms with Crippen LogP contribution < -0.4 is 9.47 Å². The quantitative estimate of drug-likeness (QED) is 0.101. The number of esters is 1. The number of rotatable bonds is 11. The van der Waals surface area contributed by atoms with Crippen molar-refractivity contribution < 1.29 is 46.5 Å². The normalized spacial score (nSPS) is 11.1. The van der Waals surface area contributed by atoms with E-state index in [-0.39, 0.29) is 74.1 Å². The first-order chi connectivity index (χ1) is 30.7. The predicted octanol–water partition coefficient (Wildman–Crippen LogP) is 12.6. The summed E-state index contributed by atoms with van der Waals surface area (Å²) in [6, 6.07) is 19.4. The Labute approximate surface area is 382 Å². The van der Waals surface area contributed by atoms with Crippen molar-refractivity contribution in [2.75, 3.05) is 20.8 Å². The highest BCUT2D eigenvalue weighted by molar-refractivity contribution is 6.43. The minimum atomic E-state index is -1.26. The summed E-state index contributed by atoms with van der Waals surface area (Å²) < 4.78 is 74.8. The number of carbonyl (C=O) groups is 2. The molecule has 0 amide bonds. The summed E-state index contributed by atoms with van der Waals surface area (Å²) in [5.74, 6) is -4.37. The summed E-state index contributed by atoms with van der Waals surface area (Å²) in [5.41, 5.74) is 2.90. The van der Waals surface area contributed by atoms with E-state index in [1.165, 1.54) is 43.2 Å². The molecule has 0 aliphatic heterocycles. The van der Waals surface area contributed by atoms with Crippen LogP contribution in [0, 0.1) is 23.3 Å². The van der Waals surface area contributed by atoms with Gasteiger partial charge in [-0.15, -0.1) is 0 Å². The second-order valence-electron chi connectivity index (χ2n) is 13.8. The van der Waals surface area contributed by atoms with Gasteiger partial charge in [0.1, 0.15) is 34.7 Å². The Balaban J connectivity index is 0.000000192. The molecule has 8 rings (SSSR count). The van der Waals surface area contributed by atoms with Gasteiger partial charge in [-0.1, -0.05) is 58.5 Å². The Kier molecular flexibility index (Phi) is 13.7. The molecule has 0 aliphatic carbocycles. The van der Waals surface area contributed by atoms with E-state index in [1.807, 2.05) is 0 Å². The van der Waals surface area contributed by atoms with Crippen molar-refractivity contribution in [1.82, 2.24) is 19.1 Å². The standard InChI is InChI=1S/C24H18Cl2F2N2O3.C22H14Cl2F2N2O3/c1-3-33-24(31)22-21(15-5-4-8-29-23(15)32-2)16-10-17(25)18(26)11-20(16)30(22)12-13-6-7-14(27)9-19(13)28;1-31-21-13(3-2-6-27-21)19-14-8-15(23)16(24)9-18(14)28(20(19)22(29)30)10-11-4-5-12(25)7-17(11)26/h4-11H,3,12H2,1-2H3;2-9H,10H2,1H3,(H,29,30). The lowest BCUT2D eigenvalue weighted by Crippen LogP contribution is -2.15. The highest BCUT2D eigenvalue weighted by Crippen LogP contribution is 2.44. The Morgan fingerprint density at radius 2 is 1.05 bits per heavy atom. The van der Waals surface area contributed by atoms with Crippen LogP contribution in [0.15, 0.2) is 97.3 Å². The fraction of sp³-hybridized carbons (Fsp3) is 0.130. The van der Waals surface area contributed by atoms with Crippen molar-refractivity contribution >= 4 is 80.1 Å². The van der Waals surface area contributed by atoms with Crippen LogP contribution in [0.25, 0.3) is 44.1 Å². The van der Waals surface area contributed by atoms with Crippen molar-refractivity contribution in [1.29, 1.82) is 0 Å². The molecule has 0 unspecified atom stereocenters. The van der Waals surface area contributed by atoms with Crippen molar-refractivity contribution in [3.63, 3.8) is 0 Å². The number of pyridine rings is 2. The highest BCUT2D eigenvalue weighted by Gasteiger charge is 2.30. The van der Waals surface area contributed by atoms with Gasteiger partial charge in [0.2, 0.25) is 11.8 Å². The van der Waals surface area contributed by atoms with Gasteiger partial charge in [0, 0.05) is 68.7 Å². The predicted molar refractivity (Wildman–Crippen MR) is 237 cm³/mol. The lowest BCUT2D eigenvalue weighted by atomic mass is 10.0. The first-order valence-corrected chi connectivity index (χ1v) is 20.5. The zero-order chi connectivity index (χ0) is 46.0. The molecule has 0 saturated carbocycles. The van der Waals surface area contributed by atoms with E-state index in [1.54, 1.807) is 60.2 Å². The Morgan fingerprint density at radius 3 is 1.45 bits per heavy atom. The lowest BCUT2D eigenvalue weighted by Gasteiger charge is -2.13. The fourth-order valence-electron chi connectivity index (χ4n) is 7.32. The van der Waals surface area contributed by atoms with Gasteiger partial charge in [0.15, 0.2) is 0 Å². The number of aromatic carboxylic acids is 1. The maximum Gasteiger partial charge on any atom is 0.355 e. The molecule has 4 aromatic heterocycles. The number of fused-ring (bicyclic) bond motifs is 2. The van der Waals surface area contributed by atoms with Crippen LogP contribution in [-0.4, -0.2) is 57.0 Å². The van der Waals surface area contributed by atoms with Gasteiger partial charge in [0.25, 0.3) is 0 Å². The molecule has 0 bridgehead atoms. The average molecular weight is 955 g/mol. The molecule has 0 radical (unpaired) electrons. The molecular weight excluding hydrogens is 922 g/mol. The number of carboxylic acids is 1. The molecule has 0 atom stereocenters. The van der Waals surface area contributed by atoms with Crippen molar-refractivity contribution in [3.05, 3.63) is 163 Å². The zero-order valence-corrected chi connectivity index (χ0v) is 36.7. The van der Waals surface area contributed by atoms with E-state index in [2.05, 4.69) is 9.97 Å². The highest BCUT2D eigenvalue weighted by atomic mass is 35.5. The molecule has 10 nitrogen and oxygen atoms in total. The number of halogens is 8. The van der Waals surface area contributed by atoms with Crippen LogP contribution in [0.1, 0.15) is 39.0 Å². The van der Waals surface area contributed by atoms with E-state index in [4.69, 9.17) is 60.6 Å². The number of carboxylic acid groups (broad SMARTS) is 1. The van der Waals surface area contributed by atoms with Gasteiger partial charge in [-0.05, 0) is 67.6 Å². The lowest BCUT2D eigenvalue weighted by molar-refractivity contribution is 0.0515. The molecule has 1 N–H and O–H groups in total. The van der Waals surface area contributed by atoms with Crippen molar-refractivity contribution in [2.45, 2.75) is 20.0 Å². The number of hydrogen-bond donors (Lipinski definition) is 1. The van der Waals surface area contributed by atoms with Crippen molar-refractivity contribution in [3.8, 4) is 34.0 Å². The maximum absolute atomic E-state index is 14.6. The van der Waals surface area contributed by atoms with Gasteiger partial charge in [-0.2, -0.15) is 0 Å². The summed E-state index contributed by atoms with van der Waals surface area (Å²) in [6.45, 7) is 1.54. The molecule has 64 heavy (non-hydrogen) atoms. The molecule has 18 heteroatoms. The largest absolute Gasteiger partial charge is 0.481 e. The SMILES string of the molecule is CCOC(=O)c1c(-c2cccnc2OC)c2cc(Cl)c(Cl)cc2n1Cc1ccc(F)cc1F.COc1ncccc1-c1c(C(=O)O)n(Cc2ccc(F)cc2F)c2cc(Cl)c(Cl)cc12. The van der Waals surface area contributed by atoms with Crippen LogP contribution in [0.4, 0.5) is 17.6 Å². The molecular formula is C46H32Cl4F4N4O6. The van der Waals surface area contributed by atoms with Gasteiger partial charge < -0.3 is 28.5 Å². The Hall–Kier alpha value is -6.32. The van der Waals surface area contributed by atoms with E-state index in [0.717, 1.165) is 24.3 Å². The summed E-state index contributed by atoms with van der Waals surface area (Å²) in [6.07, 6.45) is 3.07. The summed E-state index contributed by atoms with van der Waals surface area (Å²) in [4.78, 5) is 34.0. The zero-order valence-electron chi connectivity index (χ0n) is 33.7. The number of nitrogens with zero attached hydrogens (tertiary/aromatic N) is 4. The minimum absolute atomic E-state index is 0.0860. The van der Waals surface area contributed by atoms with Crippen LogP contribution in [0.5, 0.6) is 11.8 Å². The van der Waals surface area contributed by atoms with Crippen LogP contribution >= 0.6 is 46.4 Å². The fourth-order valence-corrected chi connectivity index (χ4v) is 7.96. The topological polar surface area (TPSA) is 118 Å². The van der Waals surface area contributed by atoms with Crippen LogP contribution in [0.3, 0.4) is 0 Å². The third-order valence-electron chi connectivity index (χ3n) is 10.0. The number of ether oxygens (including phenoxy) is 3. The van der Waals surface area contributed by atoms with E-state index >= 15 is 0 Å². The van der Waals surface area contributed by atoms with E-state index in [0.29, 0.717) is 44.1 Å². The number of aromatic nitrogens is 4. The van der Waals surface area contributed by atoms with Gasteiger partial charge >= 0.3 is 11.9 Å². The second kappa shape index (κ2) is 19.2. The molecule has 0 spiro atoms. The number of methoxy groups -OCH3 is 2. The summed E-state index contributed by atoms with van der Waals surface area (Å²) in [5, 5.41) is 12.1. The number of benzene rings is 4. The minimum Gasteiger partial charge on any atom is -0.481 e. The Morgan fingerprint density at radius 1 is 0.625 bits per heavy atom. The van der Waals surface area contributed by atoms with Crippen LogP contribution in [-0.2, 0) is 17.8 Å². The smallest absolute Gasteiger partial charge is 0.355 e. The molecule has 328 valence electrons. The molecule has 4 heterocycles. The van der Waals surface area contributed by atoms with Crippen LogP contribution in [0.2, 0.25) is 20.1 Å². The van der Waals surface area contributed by atoms with Gasteiger partial charge in [0.05, 0.1) is 65.0 Å². The number of carbonyl (C=O) groups excluding carboxylic acids is 1. The average Bonchev–Trinajstić information content (AvgIpc) is 3.74.